The lowest BCUT2D eigenvalue weighted by molar-refractivity contribution is -0.143. The molecule has 2 aromatic rings. The van der Waals surface area contributed by atoms with Crippen LogP contribution in [0.4, 0.5) is 5.69 Å². The lowest BCUT2D eigenvalue weighted by atomic mass is 9.98. The van der Waals surface area contributed by atoms with Crippen molar-refractivity contribution in [1.29, 1.82) is 0 Å². The van der Waals surface area contributed by atoms with Gasteiger partial charge < -0.3 is 15.3 Å². The van der Waals surface area contributed by atoms with Crippen molar-refractivity contribution in [2.75, 3.05) is 11.9 Å². The first-order valence-corrected chi connectivity index (χ1v) is 8.71. The van der Waals surface area contributed by atoms with Gasteiger partial charge in [0, 0.05) is 24.6 Å². The molecular weight excluding hydrogens is 330 g/mol. The largest absolute Gasteiger partial charge is 0.386 e. The molecule has 1 fully saturated rings. The number of pyridine rings is 1. The zero-order valence-corrected chi connectivity index (χ0v) is 15.0. The molecule has 1 aliphatic rings. The lowest BCUT2D eigenvalue weighted by Gasteiger charge is -2.24. The predicted molar refractivity (Wildman–Crippen MR) is 98.2 cm³/mol. The van der Waals surface area contributed by atoms with Gasteiger partial charge in [0.15, 0.2) is 0 Å². The Balaban J connectivity index is 1.73. The first-order valence-electron chi connectivity index (χ1n) is 8.71. The van der Waals surface area contributed by atoms with Gasteiger partial charge in [-0.1, -0.05) is 12.1 Å². The predicted octanol–water partition coefficient (Wildman–Crippen LogP) is 2.61. The van der Waals surface area contributed by atoms with Crippen molar-refractivity contribution in [2.45, 2.75) is 38.3 Å². The van der Waals surface area contributed by atoms with Crippen LogP contribution in [0.15, 0.2) is 48.8 Å². The molecule has 0 radical (unpaired) electrons. The van der Waals surface area contributed by atoms with Crippen LogP contribution in [0, 0.1) is 0 Å². The van der Waals surface area contributed by atoms with Gasteiger partial charge in [0.2, 0.25) is 0 Å². The maximum Gasteiger partial charge on any atom is 0.313 e. The summed E-state index contributed by atoms with van der Waals surface area (Å²) in [7, 11) is 0. The number of nitrogens with one attached hydrogen (secondary N) is 1. The third-order valence-electron chi connectivity index (χ3n) is 4.63. The Morgan fingerprint density at radius 1 is 1.23 bits per heavy atom. The minimum Gasteiger partial charge on any atom is -0.386 e. The van der Waals surface area contributed by atoms with Gasteiger partial charge in [0.25, 0.3) is 0 Å². The van der Waals surface area contributed by atoms with Gasteiger partial charge in [-0.05, 0) is 62.1 Å². The standard InChI is InChI=1S/C20H23N3O3/c1-20(2,26)15-5-3-6-16(13-15)22-18(24)19(25)23-12-4-7-17(23)14-8-10-21-11-9-14/h3,5-6,8-11,13,17,26H,4,7,12H2,1-2H3,(H,22,24)/t17-/m1/s1. The first-order chi connectivity index (χ1) is 12.4. The Kier molecular flexibility index (Phi) is 5.04. The molecule has 3 rings (SSSR count). The molecular formula is C20H23N3O3. The van der Waals surface area contributed by atoms with Crippen molar-refractivity contribution >= 4 is 17.5 Å². The van der Waals surface area contributed by atoms with Crippen LogP contribution in [0.5, 0.6) is 0 Å². The number of hydrogen-bond donors (Lipinski definition) is 2. The van der Waals surface area contributed by atoms with Gasteiger partial charge in [0.1, 0.15) is 0 Å². The summed E-state index contributed by atoms with van der Waals surface area (Å²) >= 11 is 0. The van der Waals surface area contributed by atoms with Gasteiger partial charge in [-0.2, -0.15) is 0 Å². The summed E-state index contributed by atoms with van der Waals surface area (Å²) < 4.78 is 0. The first kappa shape index (κ1) is 18.1. The molecule has 0 aliphatic carbocycles. The van der Waals surface area contributed by atoms with Crippen LogP contribution < -0.4 is 5.32 Å². The smallest absolute Gasteiger partial charge is 0.313 e. The minimum atomic E-state index is -1.02. The lowest BCUT2D eigenvalue weighted by Crippen LogP contribution is -2.39. The molecule has 136 valence electrons. The maximum absolute atomic E-state index is 12.7. The number of carbonyl (C=O) groups is 2. The average Bonchev–Trinajstić information content (AvgIpc) is 3.11. The number of nitrogens with zero attached hydrogens (tertiary/aromatic N) is 2. The Labute approximate surface area is 152 Å². The van der Waals surface area contributed by atoms with Crippen LogP contribution in [0.3, 0.4) is 0 Å². The normalized spacial score (nSPS) is 17.2. The molecule has 2 amide bonds. The Bertz CT molecular complexity index is 799. The van der Waals surface area contributed by atoms with Gasteiger partial charge >= 0.3 is 11.8 Å². The van der Waals surface area contributed by atoms with Crippen LogP contribution in [-0.4, -0.2) is 33.3 Å². The summed E-state index contributed by atoms with van der Waals surface area (Å²) in [5.74, 6) is -1.21. The van der Waals surface area contributed by atoms with Gasteiger partial charge in [-0.3, -0.25) is 14.6 Å². The second-order valence-corrected chi connectivity index (χ2v) is 7.03. The fourth-order valence-corrected chi connectivity index (χ4v) is 3.23. The van der Waals surface area contributed by atoms with E-state index >= 15 is 0 Å². The number of benzene rings is 1. The molecule has 1 aromatic heterocycles. The Hall–Kier alpha value is -2.73. The second-order valence-electron chi connectivity index (χ2n) is 7.03. The van der Waals surface area contributed by atoms with Crippen molar-refractivity contribution in [3.05, 3.63) is 59.9 Å². The number of aromatic nitrogens is 1. The van der Waals surface area contributed by atoms with E-state index in [-0.39, 0.29) is 6.04 Å². The van der Waals surface area contributed by atoms with Gasteiger partial charge in [-0.15, -0.1) is 0 Å². The zero-order chi connectivity index (χ0) is 18.7. The molecule has 1 aliphatic heterocycles. The van der Waals surface area contributed by atoms with E-state index < -0.39 is 17.4 Å². The number of carbonyl (C=O) groups excluding carboxylic acids is 2. The summed E-state index contributed by atoms with van der Waals surface area (Å²) in [6.45, 7) is 3.90. The van der Waals surface area contributed by atoms with E-state index in [1.165, 1.54) is 0 Å². The minimum absolute atomic E-state index is 0.0982. The van der Waals surface area contributed by atoms with E-state index in [0.717, 1.165) is 18.4 Å². The van der Waals surface area contributed by atoms with Crippen molar-refractivity contribution in [2.24, 2.45) is 0 Å². The quantitative estimate of drug-likeness (QED) is 0.831. The molecule has 1 aromatic carbocycles. The SMILES string of the molecule is CC(C)(O)c1cccc(NC(=O)C(=O)N2CCC[C@@H]2c2ccncc2)c1. The molecule has 2 heterocycles. The van der Waals surface area contributed by atoms with Crippen molar-refractivity contribution in [3.63, 3.8) is 0 Å². The van der Waals surface area contributed by atoms with Crippen LogP contribution in [-0.2, 0) is 15.2 Å². The highest BCUT2D eigenvalue weighted by molar-refractivity contribution is 6.39. The third-order valence-corrected chi connectivity index (χ3v) is 4.63. The Morgan fingerprint density at radius 2 is 1.96 bits per heavy atom. The topological polar surface area (TPSA) is 82.5 Å². The van der Waals surface area contributed by atoms with E-state index in [0.29, 0.717) is 17.8 Å². The van der Waals surface area contributed by atoms with Crippen LogP contribution in [0.25, 0.3) is 0 Å². The van der Waals surface area contributed by atoms with Crippen LogP contribution in [0.1, 0.15) is 43.9 Å². The number of aliphatic hydroxyl groups is 1. The monoisotopic (exact) mass is 353 g/mol. The van der Waals surface area contributed by atoms with E-state index in [2.05, 4.69) is 10.3 Å². The van der Waals surface area contributed by atoms with Gasteiger partial charge in [0.05, 0.1) is 11.6 Å². The molecule has 1 atom stereocenters. The fraction of sp³-hybridized carbons (Fsp3) is 0.350. The molecule has 1 saturated heterocycles. The summed E-state index contributed by atoms with van der Waals surface area (Å²) in [5, 5.41) is 12.7. The Morgan fingerprint density at radius 3 is 2.65 bits per heavy atom. The molecule has 6 nitrogen and oxygen atoms in total. The van der Waals surface area contributed by atoms with E-state index in [1.54, 1.807) is 55.4 Å². The highest BCUT2D eigenvalue weighted by atomic mass is 16.3. The summed E-state index contributed by atoms with van der Waals surface area (Å²) in [5.41, 5.74) is 1.12. The molecule has 2 N–H and O–H groups in total. The fourth-order valence-electron chi connectivity index (χ4n) is 3.23. The molecule has 0 unspecified atom stereocenters. The molecule has 0 bridgehead atoms. The van der Waals surface area contributed by atoms with E-state index in [9.17, 15) is 14.7 Å². The molecule has 0 saturated carbocycles. The highest BCUT2D eigenvalue weighted by Crippen LogP contribution is 2.31. The zero-order valence-electron chi connectivity index (χ0n) is 15.0. The molecule has 6 heteroatoms. The third kappa shape index (κ3) is 3.91. The number of anilines is 1. The average molecular weight is 353 g/mol. The maximum atomic E-state index is 12.7. The number of likely N-dealkylation sites (tertiary alicyclic amines) is 1. The van der Waals surface area contributed by atoms with Crippen LogP contribution >= 0.6 is 0 Å². The summed E-state index contributed by atoms with van der Waals surface area (Å²) in [6, 6.07) is 10.5. The van der Waals surface area contributed by atoms with Crippen molar-refractivity contribution in [3.8, 4) is 0 Å². The second kappa shape index (κ2) is 7.25. The summed E-state index contributed by atoms with van der Waals surface area (Å²) in [6.07, 6.45) is 5.08. The number of amides is 2. The highest BCUT2D eigenvalue weighted by Gasteiger charge is 2.33. The molecule has 0 spiro atoms. The molecule has 26 heavy (non-hydrogen) atoms. The number of hydrogen-bond acceptors (Lipinski definition) is 4. The number of rotatable bonds is 3. The van der Waals surface area contributed by atoms with Crippen molar-refractivity contribution < 1.29 is 14.7 Å². The van der Waals surface area contributed by atoms with E-state index in [1.807, 2.05) is 12.1 Å². The summed E-state index contributed by atoms with van der Waals surface area (Å²) in [4.78, 5) is 30.7. The van der Waals surface area contributed by atoms with E-state index in [4.69, 9.17) is 0 Å². The van der Waals surface area contributed by atoms with Crippen LogP contribution in [0.2, 0.25) is 0 Å². The van der Waals surface area contributed by atoms with Crippen molar-refractivity contribution in [1.82, 2.24) is 9.88 Å². The van der Waals surface area contributed by atoms with Gasteiger partial charge in [-0.25, -0.2) is 0 Å².